The van der Waals surface area contributed by atoms with E-state index in [-0.39, 0.29) is 18.1 Å². The number of benzene rings is 2. The summed E-state index contributed by atoms with van der Waals surface area (Å²) in [5.74, 6) is 0.162. The Morgan fingerprint density at radius 3 is 2.54 bits per heavy atom. The van der Waals surface area contributed by atoms with Gasteiger partial charge in [0.25, 0.3) is 0 Å². The first-order valence-electron chi connectivity index (χ1n) is 9.15. The molecule has 0 aliphatic rings. The fourth-order valence-corrected chi connectivity index (χ4v) is 3.97. The molecule has 2 heterocycles. The summed E-state index contributed by atoms with van der Waals surface area (Å²) < 4.78 is 2.00. The van der Waals surface area contributed by atoms with E-state index in [4.69, 9.17) is 4.98 Å². The molecular weight excluding hydrogens is 370 g/mol. The van der Waals surface area contributed by atoms with E-state index < -0.39 is 0 Å². The number of rotatable bonds is 5. The predicted octanol–water partition coefficient (Wildman–Crippen LogP) is 4.54. The lowest BCUT2D eigenvalue weighted by Gasteiger charge is -2.17. The number of aromatic nitrogens is 2. The molecule has 0 aliphatic carbocycles. The molecule has 4 aromatic rings. The molecule has 0 bridgehead atoms. The highest BCUT2D eigenvalue weighted by atomic mass is 32.1. The van der Waals surface area contributed by atoms with E-state index in [1.54, 1.807) is 36.2 Å². The number of aryl methyl sites for hydroxylation is 1. The summed E-state index contributed by atoms with van der Waals surface area (Å²) in [4.78, 5) is 19.9. The molecule has 2 aromatic carbocycles. The largest absolute Gasteiger partial charge is 0.508 e. The quantitative estimate of drug-likeness (QED) is 0.543. The number of nitrogens with zero attached hydrogens (tertiary/aromatic N) is 3. The van der Waals surface area contributed by atoms with Crippen LogP contribution in [0.2, 0.25) is 0 Å². The van der Waals surface area contributed by atoms with Gasteiger partial charge in [-0.15, -0.1) is 11.3 Å². The van der Waals surface area contributed by atoms with Crippen molar-refractivity contribution in [3.8, 4) is 17.0 Å². The number of fused-ring (bicyclic) bond motifs is 1. The molecule has 1 amide bonds. The highest BCUT2D eigenvalue weighted by molar-refractivity contribution is 7.15. The van der Waals surface area contributed by atoms with Crippen molar-refractivity contribution in [3.05, 3.63) is 71.4 Å². The van der Waals surface area contributed by atoms with E-state index in [0.717, 1.165) is 34.0 Å². The van der Waals surface area contributed by atoms with Gasteiger partial charge in [-0.2, -0.15) is 0 Å². The Morgan fingerprint density at radius 2 is 1.86 bits per heavy atom. The number of amides is 1. The molecule has 0 fully saturated rings. The van der Waals surface area contributed by atoms with E-state index >= 15 is 0 Å². The van der Waals surface area contributed by atoms with Gasteiger partial charge < -0.3 is 10.0 Å². The first-order valence-corrected chi connectivity index (χ1v) is 10.0. The summed E-state index contributed by atoms with van der Waals surface area (Å²) >= 11 is 1.54. The summed E-state index contributed by atoms with van der Waals surface area (Å²) in [5, 5.41) is 11.4. The number of phenolic OH excluding ortho intramolecular Hbond substituents is 1. The van der Waals surface area contributed by atoms with Crippen LogP contribution in [0.5, 0.6) is 5.75 Å². The van der Waals surface area contributed by atoms with Gasteiger partial charge in [0.05, 0.1) is 12.1 Å². The first-order chi connectivity index (χ1) is 13.5. The molecule has 5 nitrogen and oxygen atoms in total. The molecule has 0 saturated heterocycles. The van der Waals surface area contributed by atoms with Crippen LogP contribution < -0.4 is 4.90 Å². The zero-order valence-electron chi connectivity index (χ0n) is 15.8. The van der Waals surface area contributed by atoms with Crippen LogP contribution in [-0.4, -0.2) is 27.4 Å². The molecular formula is C22H21N3O2S. The van der Waals surface area contributed by atoms with Crippen LogP contribution in [0.1, 0.15) is 18.2 Å². The van der Waals surface area contributed by atoms with Crippen molar-refractivity contribution in [2.24, 2.45) is 0 Å². The molecule has 142 valence electrons. The van der Waals surface area contributed by atoms with Gasteiger partial charge in [-0.05, 0) is 36.2 Å². The minimum atomic E-state index is -0.0204. The van der Waals surface area contributed by atoms with Crippen LogP contribution in [0.3, 0.4) is 0 Å². The maximum Gasteiger partial charge on any atom is 0.232 e. The Kier molecular flexibility index (Phi) is 4.88. The van der Waals surface area contributed by atoms with Crippen LogP contribution in [-0.2, 0) is 17.6 Å². The molecule has 0 saturated carbocycles. The van der Waals surface area contributed by atoms with E-state index in [1.165, 1.54) is 16.9 Å². The standard InChI is InChI=1S/C22H21N3O2S/c1-3-15-4-6-16(7-5-15)20-13-25-18(14-28-22(25)23-20)12-21(27)24(2)17-8-10-19(26)11-9-17/h4-11,13-14,26H,3,12H2,1-2H3. The lowest BCUT2D eigenvalue weighted by Crippen LogP contribution is -2.28. The van der Waals surface area contributed by atoms with Gasteiger partial charge in [-0.3, -0.25) is 9.20 Å². The van der Waals surface area contributed by atoms with Crippen LogP contribution in [0, 0.1) is 0 Å². The highest BCUT2D eigenvalue weighted by Crippen LogP contribution is 2.25. The second kappa shape index (κ2) is 7.48. The number of anilines is 1. The van der Waals surface area contributed by atoms with Gasteiger partial charge in [-0.1, -0.05) is 31.2 Å². The topological polar surface area (TPSA) is 57.8 Å². The van der Waals surface area contributed by atoms with Crippen molar-refractivity contribution in [1.82, 2.24) is 9.38 Å². The molecule has 1 N–H and O–H groups in total. The minimum absolute atomic E-state index is 0.0204. The summed E-state index contributed by atoms with van der Waals surface area (Å²) in [5.41, 5.74) is 4.95. The molecule has 6 heteroatoms. The third-order valence-electron chi connectivity index (χ3n) is 4.88. The minimum Gasteiger partial charge on any atom is -0.508 e. The van der Waals surface area contributed by atoms with Crippen molar-refractivity contribution >= 4 is 27.9 Å². The van der Waals surface area contributed by atoms with E-state index in [2.05, 4.69) is 31.2 Å². The number of hydrogen-bond donors (Lipinski definition) is 1. The number of carbonyl (C=O) groups excluding carboxylic acids is 1. The molecule has 0 aliphatic heterocycles. The average Bonchev–Trinajstić information content (AvgIpc) is 3.30. The number of imidazole rings is 1. The summed E-state index contributed by atoms with van der Waals surface area (Å²) in [7, 11) is 1.74. The lowest BCUT2D eigenvalue weighted by molar-refractivity contribution is -0.117. The molecule has 0 spiro atoms. The van der Waals surface area contributed by atoms with Crippen LogP contribution in [0.15, 0.2) is 60.1 Å². The van der Waals surface area contributed by atoms with Crippen LogP contribution >= 0.6 is 11.3 Å². The van der Waals surface area contributed by atoms with Gasteiger partial charge in [0.2, 0.25) is 5.91 Å². The highest BCUT2D eigenvalue weighted by Gasteiger charge is 2.16. The Labute approximate surface area is 167 Å². The molecule has 28 heavy (non-hydrogen) atoms. The smallest absolute Gasteiger partial charge is 0.232 e. The Balaban J connectivity index is 1.56. The zero-order valence-corrected chi connectivity index (χ0v) is 16.6. The third-order valence-corrected chi connectivity index (χ3v) is 5.77. The van der Waals surface area contributed by atoms with Gasteiger partial charge >= 0.3 is 0 Å². The number of hydrogen-bond acceptors (Lipinski definition) is 4. The van der Waals surface area contributed by atoms with Crippen molar-refractivity contribution in [1.29, 1.82) is 0 Å². The fourth-order valence-electron chi connectivity index (χ4n) is 3.10. The van der Waals surface area contributed by atoms with Crippen molar-refractivity contribution in [2.75, 3.05) is 11.9 Å². The van der Waals surface area contributed by atoms with E-state index in [1.807, 2.05) is 16.0 Å². The third kappa shape index (κ3) is 3.51. The molecule has 0 unspecified atom stereocenters. The second-order valence-electron chi connectivity index (χ2n) is 6.70. The van der Waals surface area contributed by atoms with Crippen LogP contribution in [0.4, 0.5) is 5.69 Å². The summed E-state index contributed by atoms with van der Waals surface area (Å²) in [6, 6.07) is 15.0. The fraction of sp³-hybridized carbons (Fsp3) is 0.182. The number of carbonyl (C=O) groups is 1. The van der Waals surface area contributed by atoms with Crippen molar-refractivity contribution < 1.29 is 9.90 Å². The summed E-state index contributed by atoms with van der Waals surface area (Å²) in [6.45, 7) is 2.14. The Bertz CT molecular complexity index is 1110. The van der Waals surface area contributed by atoms with E-state index in [0.29, 0.717) is 0 Å². The van der Waals surface area contributed by atoms with E-state index in [9.17, 15) is 9.90 Å². The Morgan fingerprint density at radius 1 is 1.14 bits per heavy atom. The molecule has 0 radical (unpaired) electrons. The summed E-state index contributed by atoms with van der Waals surface area (Å²) in [6.07, 6.45) is 3.29. The van der Waals surface area contributed by atoms with Gasteiger partial charge in [0, 0.05) is 35.6 Å². The number of aromatic hydroxyl groups is 1. The number of phenols is 1. The zero-order chi connectivity index (χ0) is 19.7. The van der Waals surface area contributed by atoms with Crippen LogP contribution in [0.25, 0.3) is 16.2 Å². The average molecular weight is 391 g/mol. The molecule has 4 rings (SSSR count). The van der Waals surface area contributed by atoms with Gasteiger partial charge in [0.1, 0.15) is 5.75 Å². The monoisotopic (exact) mass is 391 g/mol. The van der Waals surface area contributed by atoms with Gasteiger partial charge in [-0.25, -0.2) is 4.98 Å². The lowest BCUT2D eigenvalue weighted by atomic mass is 10.1. The number of likely N-dealkylation sites (N-methyl/N-ethyl adjacent to an activating group) is 1. The number of thiazole rings is 1. The maximum atomic E-state index is 12.7. The molecule has 0 atom stereocenters. The normalized spacial score (nSPS) is 11.1. The first kappa shape index (κ1) is 18.3. The SMILES string of the molecule is CCc1ccc(-c2cn3c(CC(=O)N(C)c4ccc(O)cc4)csc3n2)cc1. The van der Waals surface area contributed by atoms with Gasteiger partial charge in [0.15, 0.2) is 4.96 Å². The molecule has 2 aromatic heterocycles. The predicted molar refractivity (Wildman–Crippen MR) is 113 cm³/mol. The Hall–Kier alpha value is -3.12. The maximum absolute atomic E-state index is 12.7. The van der Waals surface area contributed by atoms with Crippen molar-refractivity contribution in [2.45, 2.75) is 19.8 Å². The second-order valence-corrected chi connectivity index (χ2v) is 7.54. The van der Waals surface area contributed by atoms with Crippen molar-refractivity contribution in [3.63, 3.8) is 0 Å².